The number of carbonyl (C=O) groups excluding carboxylic acids is 1. The van der Waals surface area contributed by atoms with E-state index in [1.165, 1.54) is 0 Å². The lowest BCUT2D eigenvalue weighted by Crippen LogP contribution is -2.46. The normalized spacial score (nSPS) is 17.6. The minimum Gasteiger partial charge on any atom is -0.307 e. The molecule has 3 aromatic rings. The van der Waals surface area contributed by atoms with Crippen LogP contribution in [0.4, 0.5) is 5.69 Å². The van der Waals surface area contributed by atoms with Crippen LogP contribution in [0.15, 0.2) is 66.9 Å². The van der Waals surface area contributed by atoms with Crippen molar-refractivity contribution in [2.75, 3.05) is 31.1 Å². The minimum absolute atomic E-state index is 0.0742. The summed E-state index contributed by atoms with van der Waals surface area (Å²) < 4.78 is 0. The maximum absolute atomic E-state index is 13.4. The lowest BCUT2D eigenvalue weighted by atomic mass is 9.74. The Balaban J connectivity index is 1.33. The van der Waals surface area contributed by atoms with Crippen molar-refractivity contribution >= 4 is 63.0 Å². The van der Waals surface area contributed by atoms with E-state index in [4.69, 9.17) is 46.4 Å². The molecule has 0 N–H and O–H groups in total. The van der Waals surface area contributed by atoms with E-state index >= 15 is 0 Å². The van der Waals surface area contributed by atoms with Crippen molar-refractivity contribution in [1.29, 1.82) is 0 Å². The molecule has 0 atom stereocenters. The Morgan fingerprint density at radius 3 is 2.37 bits per heavy atom. The summed E-state index contributed by atoms with van der Waals surface area (Å²) in [5.74, 6) is -0.0742. The second-order valence-electron chi connectivity index (χ2n) is 9.06. The molecule has 8 heteroatoms. The van der Waals surface area contributed by atoms with Gasteiger partial charge in [0, 0.05) is 51.0 Å². The molecular weight excluding hydrogens is 524 g/mol. The quantitative estimate of drug-likeness (QED) is 0.322. The highest BCUT2D eigenvalue weighted by atomic mass is 35.5. The molecule has 0 radical (unpaired) electrons. The summed E-state index contributed by atoms with van der Waals surface area (Å²) in [6, 6.07) is 16.7. The van der Waals surface area contributed by atoms with Gasteiger partial charge in [-0.25, -0.2) is 4.98 Å². The maximum atomic E-state index is 13.4. The number of halogens is 4. The van der Waals surface area contributed by atoms with Crippen LogP contribution in [0.1, 0.15) is 34.3 Å². The Kier molecular flexibility index (Phi) is 7.11. The number of fused-ring (bicyclic) bond motifs is 2. The summed E-state index contributed by atoms with van der Waals surface area (Å²) >= 11 is 25.0. The zero-order chi connectivity index (χ0) is 24.6. The number of hydrogen-bond donors (Lipinski definition) is 0. The monoisotopic (exact) mass is 545 g/mol. The molecule has 0 bridgehead atoms. The molecule has 2 aliphatic heterocycles. The number of amides is 1. The summed E-state index contributed by atoms with van der Waals surface area (Å²) in [4.78, 5) is 21.7. The van der Waals surface area contributed by atoms with Crippen LogP contribution in [-0.2, 0) is 5.41 Å². The fourth-order valence-electron chi connectivity index (χ4n) is 5.04. The van der Waals surface area contributed by atoms with E-state index in [0.29, 0.717) is 32.3 Å². The molecule has 2 aliphatic rings. The molecular formula is C27H23Cl4N3O. The van der Waals surface area contributed by atoms with Crippen LogP contribution < -0.4 is 4.90 Å². The van der Waals surface area contributed by atoms with Gasteiger partial charge in [0.05, 0.1) is 0 Å². The summed E-state index contributed by atoms with van der Waals surface area (Å²) in [5.41, 5.74) is 3.42. The molecule has 4 nitrogen and oxygen atoms in total. The number of hydrogen-bond acceptors (Lipinski definition) is 3. The topological polar surface area (TPSA) is 36.4 Å². The molecule has 3 heterocycles. The fraction of sp³-hybridized carbons (Fsp3) is 0.259. The molecule has 0 unspecified atom stereocenters. The number of pyridine rings is 1. The van der Waals surface area contributed by atoms with Crippen LogP contribution in [-0.4, -0.2) is 42.0 Å². The Hall–Kier alpha value is -2.08. The average molecular weight is 547 g/mol. The number of likely N-dealkylation sites (tertiary alicyclic amines) is 1. The zero-order valence-electron chi connectivity index (χ0n) is 18.9. The number of rotatable bonds is 4. The summed E-state index contributed by atoms with van der Waals surface area (Å²) in [6.45, 7) is 3.18. The Morgan fingerprint density at radius 2 is 1.66 bits per heavy atom. The van der Waals surface area contributed by atoms with E-state index in [1.807, 2.05) is 53.4 Å². The molecule has 2 aromatic carbocycles. The first-order valence-electron chi connectivity index (χ1n) is 11.4. The van der Waals surface area contributed by atoms with Gasteiger partial charge in [-0.2, -0.15) is 0 Å². The molecule has 1 spiro atoms. The standard InChI is InChI=1S/C27H23Cl4N3O/c28-20-3-1-18(2-4-20)23(30)8-12-33-13-9-27(10-14-33)17-34(24-6-5-21(29)16-22(24)27)26(35)19-7-11-32-25(31)15-19/h1-8,11,15-16H,9-10,12-14,17H2/b23-8-. The minimum atomic E-state index is -0.132. The molecule has 35 heavy (non-hydrogen) atoms. The van der Waals surface area contributed by atoms with E-state index in [9.17, 15) is 4.79 Å². The van der Waals surface area contributed by atoms with Crippen LogP contribution in [0.2, 0.25) is 15.2 Å². The SMILES string of the molecule is O=C(c1ccnc(Cl)c1)N1CC2(CCN(C/C=C(\Cl)c3ccc(Cl)cc3)CC2)c2cc(Cl)ccc21. The van der Waals surface area contributed by atoms with Gasteiger partial charge in [0.15, 0.2) is 0 Å². The first kappa shape index (κ1) is 24.6. The fourth-order valence-corrected chi connectivity index (χ4v) is 5.71. The van der Waals surface area contributed by atoms with E-state index < -0.39 is 0 Å². The Morgan fingerprint density at radius 1 is 0.943 bits per heavy atom. The first-order chi connectivity index (χ1) is 16.8. The third kappa shape index (κ3) is 5.09. The van der Waals surface area contributed by atoms with Crippen molar-refractivity contribution in [3.8, 4) is 0 Å². The molecule has 5 rings (SSSR count). The summed E-state index contributed by atoms with van der Waals surface area (Å²) in [6.07, 6.45) is 5.46. The maximum Gasteiger partial charge on any atom is 0.258 e. The summed E-state index contributed by atoms with van der Waals surface area (Å²) in [5, 5.41) is 2.40. The molecule has 1 saturated heterocycles. The van der Waals surface area contributed by atoms with Gasteiger partial charge < -0.3 is 4.90 Å². The Bertz CT molecular complexity index is 1280. The van der Waals surface area contributed by atoms with Gasteiger partial charge in [0.25, 0.3) is 5.91 Å². The number of benzene rings is 2. The van der Waals surface area contributed by atoms with Crippen molar-refractivity contribution in [1.82, 2.24) is 9.88 Å². The van der Waals surface area contributed by atoms with Crippen LogP contribution >= 0.6 is 46.4 Å². The molecule has 1 amide bonds. The van der Waals surface area contributed by atoms with Crippen molar-refractivity contribution < 1.29 is 4.79 Å². The second-order valence-corrected chi connectivity index (χ2v) is 10.7. The molecule has 1 aromatic heterocycles. The highest BCUT2D eigenvalue weighted by Gasteiger charge is 2.46. The van der Waals surface area contributed by atoms with E-state index in [1.54, 1.807) is 18.3 Å². The number of carbonyl (C=O) groups is 1. The van der Waals surface area contributed by atoms with Gasteiger partial charge >= 0.3 is 0 Å². The van der Waals surface area contributed by atoms with Crippen LogP contribution in [0.5, 0.6) is 0 Å². The van der Waals surface area contributed by atoms with E-state index in [2.05, 4.69) is 9.88 Å². The van der Waals surface area contributed by atoms with Crippen LogP contribution in [0.3, 0.4) is 0 Å². The van der Waals surface area contributed by atoms with E-state index in [-0.39, 0.29) is 11.3 Å². The van der Waals surface area contributed by atoms with Gasteiger partial charge in [-0.1, -0.05) is 64.6 Å². The van der Waals surface area contributed by atoms with Gasteiger partial charge in [-0.15, -0.1) is 0 Å². The summed E-state index contributed by atoms with van der Waals surface area (Å²) in [7, 11) is 0. The highest BCUT2D eigenvalue weighted by Crippen LogP contribution is 2.48. The zero-order valence-corrected chi connectivity index (χ0v) is 21.9. The number of piperidine rings is 1. The molecule has 0 aliphatic carbocycles. The third-order valence-corrected chi connectivity index (χ3v) is 8.03. The van der Waals surface area contributed by atoms with Gasteiger partial charge in [-0.05, 0) is 79.5 Å². The van der Waals surface area contributed by atoms with Crippen molar-refractivity contribution in [2.45, 2.75) is 18.3 Å². The lowest BCUT2D eigenvalue weighted by Gasteiger charge is -2.39. The highest BCUT2D eigenvalue weighted by molar-refractivity contribution is 6.48. The number of anilines is 1. The van der Waals surface area contributed by atoms with Gasteiger partial charge in [-0.3, -0.25) is 9.69 Å². The molecule has 0 saturated carbocycles. The predicted molar refractivity (Wildman–Crippen MR) is 145 cm³/mol. The third-order valence-electron chi connectivity index (χ3n) is 6.96. The second kappa shape index (κ2) is 10.1. The van der Waals surface area contributed by atoms with Gasteiger partial charge in [0.1, 0.15) is 5.15 Å². The molecule has 1 fully saturated rings. The largest absolute Gasteiger partial charge is 0.307 e. The van der Waals surface area contributed by atoms with Crippen molar-refractivity contribution in [3.05, 3.63) is 98.8 Å². The first-order valence-corrected chi connectivity index (χ1v) is 12.9. The van der Waals surface area contributed by atoms with Crippen LogP contribution in [0.25, 0.3) is 5.03 Å². The number of nitrogens with zero attached hydrogens (tertiary/aromatic N) is 3. The Labute approximate surface area is 225 Å². The van der Waals surface area contributed by atoms with Gasteiger partial charge in [0.2, 0.25) is 0 Å². The van der Waals surface area contributed by atoms with E-state index in [0.717, 1.165) is 49.3 Å². The average Bonchev–Trinajstić information content (AvgIpc) is 3.16. The predicted octanol–water partition coefficient (Wildman–Crippen LogP) is 7.32. The van der Waals surface area contributed by atoms with Crippen LogP contribution in [0, 0.1) is 0 Å². The number of aromatic nitrogens is 1. The van der Waals surface area contributed by atoms with Crippen molar-refractivity contribution in [2.24, 2.45) is 0 Å². The smallest absolute Gasteiger partial charge is 0.258 e. The lowest BCUT2D eigenvalue weighted by molar-refractivity contribution is 0.0977. The van der Waals surface area contributed by atoms with Crippen molar-refractivity contribution in [3.63, 3.8) is 0 Å². The molecule has 180 valence electrons.